The summed E-state index contributed by atoms with van der Waals surface area (Å²) in [5.41, 5.74) is 1.34. The van der Waals surface area contributed by atoms with Gasteiger partial charge in [0.15, 0.2) is 5.11 Å². The largest absolute Gasteiger partial charge is 0.468 e. The molecule has 1 aliphatic heterocycles. The van der Waals surface area contributed by atoms with Gasteiger partial charge in [-0.25, -0.2) is 4.79 Å². The highest BCUT2D eigenvalue weighted by Gasteiger charge is 2.36. The molecule has 1 heterocycles. The van der Waals surface area contributed by atoms with Gasteiger partial charge in [0.1, 0.15) is 12.2 Å². The van der Waals surface area contributed by atoms with Crippen LogP contribution in [0.4, 0.5) is 0 Å². The number of benzene rings is 1. The van der Waals surface area contributed by atoms with Gasteiger partial charge in [0, 0.05) is 7.05 Å². The van der Waals surface area contributed by atoms with Gasteiger partial charge in [-0.05, 0) is 36.0 Å². The molecule has 0 aromatic heterocycles. The fourth-order valence-corrected chi connectivity index (χ4v) is 2.38. The molecule has 1 aromatic rings. The summed E-state index contributed by atoms with van der Waals surface area (Å²) in [7, 11) is 4.11. The van der Waals surface area contributed by atoms with E-state index >= 15 is 0 Å². The Kier molecular flexibility index (Phi) is 5.30. The van der Waals surface area contributed by atoms with Crippen LogP contribution in [0.3, 0.4) is 0 Å². The van der Waals surface area contributed by atoms with E-state index in [9.17, 15) is 14.4 Å². The molecule has 0 saturated carbocycles. The monoisotopic (exact) mass is 348 g/mol. The van der Waals surface area contributed by atoms with Gasteiger partial charge >= 0.3 is 11.9 Å². The van der Waals surface area contributed by atoms with Gasteiger partial charge in [-0.2, -0.15) is 0 Å². The molecule has 1 amide bonds. The quantitative estimate of drug-likeness (QED) is 0.457. The van der Waals surface area contributed by atoms with Crippen molar-refractivity contribution in [2.24, 2.45) is 0 Å². The molecule has 0 spiro atoms. The standard InChI is InChI=1S/C16H16N2O5S/c1-17-14(20)12(18(16(17)24)9-13(19)22-2)8-10-4-6-11(7-5-10)15(21)23-3/h4-8H,9H2,1-3H3. The number of rotatable bonds is 4. The van der Waals surface area contributed by atoms with Crippen molar-refractivity contribution >= 4 is 41.3 Å². The predicted octanol–water partition coefficient (Wildman–Crippen LogP) is 1.05. The molecule has 0 bridgehead atoms. The molecular formula is C16H16N2O5S. The number of esters is 2. The third-order valence-electron chi connectivity index (χ3n) is 3.48. The fourth-order valence-electron chi connectivity index (χ4n) is 2.14. The Morgan fingerprint density at radius 1 is 1.17 bits per heavy atom. The summed E-state index contributed by atoms with van der Waals surface area (Å²) in [6.45, 7) is -0.155. The highest BCUT2D eigenvalue weighted by Crippen LogP contribution is 2.22. The lowest BCUT2D eigenvalue weighted by molar-refractivity contribution is -0.140. The summed E-state index contributed by atoms with van der Waals surface area (Å²) in [6.07, 6.45) is 1.60. The van der Waals surface area contributed by atoms with Crippen molar-refractivity contribution in [3.05, 3.63) is 41.1 Å². The van der Waals surface area contributed by atoms with Crippen LogP contribution in [-0.4, -0.2) is 60.6 Å². The maximum atomic E-state index is 12.3. The first-order valence-corrected chi connectivity index (χ1v) is 7.36. The number of hydrogen-bond donors (Lipinski definition) is 0. The van der Waals surface area contributed by atoms with E-state index in [4.69, 9.17) is 12.2 Å². The maximum Gasteiger partial charge on any atom is 0.337 e. The van der Waals surface area contributed by atoms with Gasteiger partial charge in [0.2, 0.25) is 0 Å². The smallest absolute Gasteiger partial charge is 0.337 e. The second-order valence-corrected chi connectivity index (χ2v) is 5.32. The molecule has 7 nitrogen and oxygen atoms in total. The van der Waals surface area contributed by atoms with Crippen LogP contribution >= 0.6 is 12.2 Å². The lowest BCUT2D eigenvalue weighted by atomic mass is 10.1. The van der Waals surface area contributed by atoms with E-state index < -0.39 is 11.9 Å². The van der Waals surface area contributed by atoms with E-state index in [0.717, 1.165) is 0 Å². The molecule has 8 heteroatoms. The topological polar surface area (TPSA) is 76.2 Å². The van der Waals surface area contributed by atoms with Crippen LogP contribution < -0.4 is 0 Å². The van der Waals surface area contributed by atoms with E-state index in [1.807, 2.05) is 0 Å². The molecule has 24 heavy (non-hydrogen) atoms. The number of carbonyl (C=O) groups is 3. The van der Waals surface area contributed by atoms with Gasteiger partial charge in [-0.15, -0.1) is 0 Å². The van der Waals surface area contributed by atoms with E-state index in [-0.39, 0.29) is 23.3 Å². The van der Waals surface area contributed by atoms with E-state index in [1.54, 1.807) is 30.3 Å². The average Bonchev–Trinajstić information content (AvgIpc) is 2.79. The summed E-state index contributed by atoms with van der Waals surface area (Å²) >= 11 is 5.19. The third kappa shape index (κ3) is 3.43. The molecule has 1 fully saturated rings. The molecule has 0 aliphatic carbocycles. The summed E-state index contributed by atoms with van der Waals surface area (Å²) in [6, 6.07) is 6.52. The van der Waals surface area contributed by atoms with Crippen LogP contribution in [0.25, 0.3) is 6.08 Å². The molecule has 126 valence electrons. The van der Waals surface area contributed by atoms with Crippen LogP contribution in [0, 0.1) is 0 Å². The normalized spacial score (nSPS) is 15.9. The van der Waals surface area contributed by atoms with E-state index in [0.29, 0.717) is 11.1 Å². The van der Waals surface area contributed by atoms with Gasteiger partial charge in [-0.1, -0.05) is 12.1 Å². The highest BCUT2D eigenvalue weighted by atomic mass is 32.1. The Morgan fingerprint density at radius 2 is 1.79 bits per heavy atom. The minimum atomic E-state index is -0.507. The van der Waals surface area contributed by atoms with Gasteiger partial charge in [-0.3, -0.25) is 14.5 Å². The summed E-state index contributed by atoms with van der Waals surface area (Å²) < 4.78 is 9.27. The molecular weight excluding hydrogens is 332 g/mol. The number of hydrogen-bond acceptors (Lipinski definition) is 6. The SMILES string of the molecule is COC(=O)CN1C(=S)N(C)C(=O)C1=Cc1ccc(C(=O)OC)cc1. The molecule has 1 aromatic carbocycles. The third-order valence-corrected chi connectivity index (χ3v) is 3.98. The number of amides is 1. The summed E-state index contributed by atoms with van der Waals surface area (Å²) in [4.78, 5) is 38.0. The van der Waals surface area contributed by atoms with E-state index in [1.165, 1.54) is 31.1 Å². The lowest BCUT2D eigenvalue weighted by Crippen LogP contribution is -2.33. The Balaban J connectivity index is 2.33. The van der Waals surface area contributed by atoms with Crippen molar-refractivity contribution in [1.29, 1.82) is 0 Å². The minimum absolute atomic E-state index is 0.155. The zero-order valence-corrected chi connectivity index (χ0v) is 14.3. The first-order chi connectivity index (χ1) is 11.4. The van der Waals surface area contributed by atoms with Crippen LogP contribution in [0.1, 0.15) is 15.9 Å². The van der Waals surface area contributed by atoms with Crippen molar-refractivity contribution < 1.29 is 23.9 Å². The molecule has 0 unspecified atom stereocenters. The van der Waals surface area contributed by atoms with Crippen molar-refractivity contribution in [2.45, 2.75) is 0 Å². The van der Waals surface area contributed by atoms with Gasteiger partial charge < -0.3 is 14.4 Å². The van der Waals surface area contributed by atoms with Crippen molar-refractivity contribution in [1.82, 2.24) is 9.80 Å². The molecule has 2 rings (SSSR count). The highest BCUT2D eigenvalue weighted by molar-refractivity contribution is 7.80. The van der Waals surface area contributed by atoms with Gasteiger partial charge in [0.05, 0.1) is 19.8 Å². The first kappa shape index (κ1) is 17.6. The van der Waals surface area contributed by atoms with Crippen molar-refractivity contribution in [3.8, 4) is 0 Å². The molecule has 1 aliphatic rings. The Labute approximate surface area is 144 Å². The van der Waals surface area contributed by atoms with Gasteiger partial charge in [0.25, 0.3) is 5.91 Å². The molecule has 0 N–H and O–H groups in total. The lowest BCUT2D eigenvalue weighted by Gasteiger charge is -2.16. The Bertz CT molecular complexity index is 726. The van der Waals surface area contributed by atoms with E-state index in [2.05, 4.69) is 9.47 Å². The van der Waals surface area contributed by atoms with Crippen LogP contribution in [0.5, 0.6) is 0 Å². The molecule has 0 radical (unpaired) electrons. The minimum Gasteiger partial charge on any atom is -0.468 e. The number of nitrogens with zero attached hydrogens (tertiary/aromatic N) is 2. The van der Waals surface area contributed by atoms with Crippen LogP contribution in [0.2, 0.25) is 0 Å². The number of ether oxygens (including phenoxy) is 2. The molecule has 1 saturated heterocycles. The first-order valence-electron chi connectivity index (χ1n) is 6.95. The number of likely N-dealkylation sites (N-methyl/N-ethyl adjacent to an activating group) is 1. The molecule has 0 atom stereocenters. The summed E-state index contributed by atoms with van der Waals surface area (Å²) in [5.74, 6) is -1.27. The van der Waals surface area contributed by atoms with Crippen molar-refractivity contribution in [3.63, 3.8) is 0 Å². The predicted molar refractivity (Wildman–Crippen MR) is 89.8 cm³/mol. The number of carbonyl (C=O) groups excluding carboxylic acids is 3. The Hall–Kier alpha value is -2.74. The zero-order chi connectivity index (χ0) is 17.9. The number of thiocarbonyl (C=S) groups is 1. The second kappa shape index (κ2) is 7.22. The van der Waals surface area contributed by atoms with Crippen LogP contribution in [-0.2, 0) is 19.1 Å². The number of methoxy groups -OCH3 is 2. The maximum absolute atomic E-state index is 12.3. The second-order valence-electron chi connectivity index (χ2n) is 4.95. The fraction of sp³-hybridized carbons (Fsp3) is 0.250. The zero-order valence-electron chi connectivity index (χ0n) is 13.4. The average molecular weight is 348 g/mol. The summed E-state index contributed by atoms with van der Waals surface area (Å²) in [5, 5.41) is 0.225. The van der Waals surface area contributed by atoms with Crippen LogP contribution in [0.15, 0.2) is 30.0 Å². The van der Waals surface area contributed by atoms with Crippen molar-refractivity contribution in [2.75, 3.05) is 27.8 Å². The Morgan fingerprint density at radius 3 is 2.33 bits per heavy atom.